The second-order valence-electron chi connectivity index (χ2n) is 4.36. The van der Waals surface area contributed by atoms with Crippen molar-refractivity contribution in [3.8, 4) is 0 Å². The van der Waals surface area contributed by atoms with Crippen LogP contribution in [0.5, 0.6) is 0 Å². The zero-order valence-electron chi connectivity index (χ0n) is 10.5. The summed E-state index contributed by atoms with van der Waals surface area (Å²) < 4.78 is 20.0. The topological polar surface area (TPSA) is 54.4 Å². The molecule has 98 valence electrons. The van der Waals surface area contributed by atoms with E-state index in [1.54, 1.807) is 36.4 Å². The Morgan fingerprint density at radius 1 is 1.16 bits per heavy atom. The van der Waals surface area contributed by atoms with Crippen molar-refractivity contribution in [2.45, 2.75) is 18.2 Å². The molecule has 2 aromatic carbocycles. The van der Waals surface area contributed by atoms with Gasteiger partial charge in [-0.25, -0.2) is 4.21 Å². The van der Waals surface area contributed by atoms with Gasteiger partial charge in [-0.2, -0.15) is 0 Å². The standard InChI is InChI=1S/C15H14O3S/c1-11-5-7-13(8-6-11)15(16)10-12-3-2-4-14(9-12)19(17)18/h2-9H,10H2,1H3,(H,17,18). The van der Waals surface area contributed by atoms with Crippen molar-refractivity contribution >= 4 is 16.9 Å². The molecule has 0 bridgehead atoms. The number of rotatable bonds is 4. The monoisotopic (exact) mass is 274 g/mol. The van der Waals surface area contributed by atoms with Crippen LogP contribution in [0.4, 0.5) is 0 Å². The molecule has 0 radical (unpaired) electrons. The zero-order valence-corrected chi connectivity index (χ0v) is 11.3. The summed E-state index contributed by atoms with van der Waals surface area (Å²) in [7, 11) is 0. The first-order valence-corrected chi connectivity index (χ1v) is 6.96. The minimum absolute atomic E-state index is 0.000808. The van der Waals surface area contributed by atoms with Gasteiger partial charge in [0.2, 0.25) is 0 Å². The Balaban J connectivity index is 2.17. The molecule has 2 rings (SSSR count). The van der Waals surface area contributed by atoms with E-state index in [1.165, 1.54) is 0 Å². The first-order valence-electron chi connectivity index (χ1n) is 5.86. The van der Waals surface area contributed by atoms with E-state index in [4.69, 9.17) is 4.55 Å². The first kappa shape index (κ1) is 13.6. The summed E-state index contributed by atoms with van der Waals surface area (Å²) >= 11 is -2.01. The van der Waals surface area contributed by atoms with Gasteiger partial charge in [0, 0.05) is 12.0 Å². The molecule has 19 heavy (non-hydrogen) atoms. The van der Waals surface area contributed by atoms with Crippen LogP contribution in [-0.4, -0.2) is 14.5 Å². The van der Waals surface area contributed by atoms with Gasteiger partial charge in [-0.1, -0.05) is 42.0 Å². The van der Waals surface area contributed by atoms with Crippen LogP contribution in [-0.2, 0) is 17.5 Å². The number of ketones is 1. The van der Waals surface area contributed by atoms with Gasteiger partial charge < -0.3 is 4.55 Å². The molecule has 0 aliphatic rings. The molecule has 0 fully saturated rings. The SMILES string of the molecule is Cc1ccc(C(=O)Cc2cccc(S(=O)O)c2)cc1. The Kier molecular flexibility index (Phi) is 4.24. The van der Waals surface area contributed by atoms with Crippen LogP contribution < -0.4 is 0 Å². The highest BCUT2D eigenvalue weighted by Crippen LogP contribution is 2.12. The summed E-state index contributed by atoms with van der Waals surface area (Å²) in [6.45, 7) is 1.97. The maximum absolute atomic E-state index is 12.1. The van der Waals surface area contributed by atoms with E-state index in [-0.39, 0.29) is 12.2 Å². The second kappa shape index (κ2) is 5.91. The zero-order chi connectivity index (χ0) is 13.8. The number of hydrogen-bond acceptors (Lipinski definition) is 2. The molecule has 1 atom stereocenters. The van der Waals surface area contributed by atoms with Gasteiger partial charge >= 0.3 is 0 Å². The van der Waals surface area contributed by atoms with Crippen LogP contribution in [0, 0.1) is 6.92 Å². The maximum atomic E-state index is 12.1. The van der Waals surface area contributed by atoms with Crippen LogP contribution in [0.25, 0.3) is 0 Å². The van der Waals surface area contributed by atoms with Gasteiger partial charge in [0.1, 0.15) is 0 Å². The first-order chi connectivity index (χ1) is 9.06. The third kappa shape index (κ3) is 3.59. The van der Waals surface area contributed by atoms with Crippen molar-refractivity contribution < 1.29 is 13.6 Å². The summed E-state index contributed by atoms with van der Waals surface area (Å²) in [6.07, 6.45) is 0.230. The minimum atomic E-state index is -2.01. The largest absolute Gasteiger partial charge is 0.302 e. The number of Topliss-reactive ketones (excluding diaryl/α,β-unsaturated/α-hetero) is 1. The van der Waals surface area contributed by atoms with Crippen LogP contribution >= 0.6 is 0 Å². The Hall–Kier alpha value is -1.78. The summed E-state index contributed by atoms with van der Waals surface area (Å²) in [5.41, 5.74) is 2.50. The molecular formula is C15H14O3S. The van der Waals surface area contributed by atoms with Gasteiger partial charge in [-0.05, 0) is 24.6 Å². The smallest absolute Gasteiger partial charge is 0.186 e. The van der Waals surface area contributed by atoms with Crippen molar-refractivity contribution in [3.63, 3.8) is 0 Å². The highest BCUT2D eigenvalue weighted by molar-refractivity contribution is 7.79. The highest BCUT2D eigenvalue weighted by Gasteiger charge is 2.08. The molecule has 0 amide bonds. The number of hydrogen-bond donors (Lipinski definition) is 1. The third-order valence-electron chi connectivity index (χ3n) is 2.84. The van der Waals surface area contributed by atoms with E-state index in [9.17, 15) is 9.00 Å². The van der Waals surface area contributed by atoms with Crippen molar-refractivity contribution in [3.05, 3.63) is 65.2 Å². The Labute approximate surface area is 114 Å². The molecule has 0 spiro atoms. The Bertz CT molecular complexity index is 618. The van der Waals surface area contributed by atoms with Crippen LogP contribution in [0.1, 0.15) is 21.5 Å². The predicted octanol–water partition coefficient (Wildman–Crippen LogP) is 3.00. The quantitative estimate of drug-likeness (QED) is 0.688. The fourth-order valence-corrected chi connectivity index (χ4v) is 2.24. The molecule has 4 heteroatoms. The third-order valence-corrected chi connectivity index (χ3v) is 3.50. The molecule has 0 aliphatic heterocycles. The average molecular weight is 274 g/mol. The number of aryl methyl sites for hydroxylation is 1. The number of carbonyl (C=O) groups excluding carboxylic acids is 1. The molecule has 0 heterocycles. The highest BCUT2D eigenvalue weighted by atomic mass is 32.2. The van der Waals surface area contributed by atoms with Crippen molar-refractivity contribution in [1.29, 1.82) is 0 Å². The lowest BCUT2D eigenvalue weighted by atomic mass is 10.0. The Morgan fingerprint density at radius 3 is 2.47 bits per heavy atom. The lowest BCUT2D eigenvalue weighted by molar-refractivity contribution is 0.0993. The van der Waals surface area contributed by atoms with E-state index in [2.05, 4.69) is 0 Å². The molecule has 3 nitrogen and oxygen atoms in total. The lowest BCUT2D eigenvalue weighted by Gasteiger charge is -2.03. The van der Waals surface area contributed by atoms with E-state index in [0.29, 0.717) is 10.5 Å². The van der Waals surface area contributed by atoms with Crippen molar-refractivity contribution in [2.75, 3.05) is 0 Å². The van der Waals surface area contributed by atoms with Gasteiger partial charge in [0.05, 0.1) is 4.90 Å². The van der Waals surface area contributed by atoms with Gasteiger partial charge in [-0.3, -0.25) is 4.79 Å². The van der Waals surface area contributed by atoms with Crippen LogP contribution in [0.3, 0.4) is 0 Å². The summed E-state index contributed by atoms with van der Waals surface area (Å²) in [5.74, 6) is 0.000808. The van der Waals surface area contributed by atoms with Crippen LogP contribution in [0.2, 0.25) is 0 Å². The van der Waals surface area contributed by atoms with Crippen LogP contribution in [0.15, 0.2) is 53.4 Å². The van der Waals surface area contributed by atoms with Crippen molar-refractivity contribution in [2.24, 2.45) is 0 Å². The van der Waals surface area contributed by atoms with Crippen molar-refractivity contribution in [1.82, 2.24) is 0 Å². The van der Waals surface area contributed by atoms with Gasteiger partial charge in [0.25, 0.3) is 0 Å². The van der Waals surface area contributed by atoms with E-state index >= 15 is 0 Å². The molecule has 1 unspecified atom stereocenters. The molecule has 0 saturated heterocycles. The molecule has 0 aromatic heterocycles. The van der Waals surface area contributed by atoms with E-state index in [0.717, 1.165) is 11.1 Å². The maximum Gasteiger partial charge on any atom is 0.186 e. The second-order valence-corrected chi connectivity index (χ2v) is 5.33. The minimum Gasteiger partial charge on any atom is -0.302 e. The molecule has 0 aliphatic carbocycles. The van der Waals surface area contributed by atoms with E-state index < -0.39 is 11.1 Å². The van der Waals surface area contributed by atoms with E-state index in [1.807, 2.05) is 19.1 Å². The molecular weight excluding hydrogens is 260 g/mol. The fourth-order valence-electron chi connectivity index (χ4n) is 1.79. The summed E-state index contributed by atoms with van der Waals surface area (Å²) in [6, 6.07) is 14.0. The van der Waals surface area contributed by atoms with Gasteiger partial charge in [-0.15, -0.1) is 0 Å². The molecule has 2 aromatic rings. The molecule has 0 saturated carbocycles. The fraction of sp³-hybridized carbons (Fsp3) is 0.133. The number of benzene rings is 2. The predicted molar refractivity (Wildman–Crippen MR) is 74.7 cm³/mol. The lowest BCUT2D eigenvalue weighted by Crippen LogP contribution is -2.04. The summed E-state index contributed by atoms with van der Waals surface area (Å²) in [4.78, 5) is 12.4. The summed E-state index contributed by atoms with van der Waals surface area (Å²) in [5, 5.41) is 0. The normalized spacial score (nSPS) is 12.1. The average Bonchev–Trinajstić information content (AvgIpc) is 2.39. The van der Waals surface area contributed by atoms with Gasteiger partial charge in [0.15, 0.2) is 16.9 Å². The Morgan fingerprint density at radius 2 is 1.84 bits per heavy atom. The number of carbonyl (C=O) groups is 1. The molecule has 1 N–H and O–H groups in total.